The van der Waals surface area contributed by atoms with Gasteiger partial charge in [-0.05, 0) is 49.9 Å². The minimum atomic E-state index is -0.321. The minimum Gasteiger partial charge on any atom is -0.489 e. The van der Waals surface area contributed by atoms with Gasteiger partial charge in [-0.15, -0.1) is 0 Å². The van der Waals surface area contributed by atoms with Gasteiger partial charge in [-0.2, -0.15) is 5.10 Å². The van der Waals surface area contributed by atoms with Gasteiger partial charge < -0.3 is 14.2 Å². The number of aromatic nitrogens is 3. The lowest BCUT2D eigenvalue weighted by atomic mass is 10.1. The Morgan fingerprint density at radius 1 is 1.16 bits per heavy atom. The summed E-state index contributed by atoms with van der Waals surface area (Å²) in [6.07, 6.45) is 5.36. The van der Waals surface area contributed by atoms with Crippen LogP contribution in [0.2, 0.25) is 10.0 Å². The molecule has 8 heteroatoms. The van der Waals surface area contributed by atoms with Crippen molar-refractivity contribution in [3.8, 4) is 5.75 Å². The van der Waals surface area contributed by atoms with Gasteiger partial charge in [-0.25, -0.2) is 4.98 Å². The molecule has 2 heterocycles. The molecule has 31 heavy (non-hydrogen) atoms. The second kappa shape index (κ2) is 10.5. The molecule has 4 rings (SSSR count). The Balaban J connectivity index is 1.38. The summed E-state index contributed by atoms with van der Waals surface area (Å²) >= 11 is 12.2. The Bertz CT molecular complexity index is 967. The molecule has 3 atom stereocenters. The quantitative estimate of drug-likeness (QED) is 0.435. The van der Waals surface area contributed by atoms with Crippen LogP contribution in [0, 0.1) is 6.92 Å². The zero-order valence-electron chi connectivity index (χ0n) is 17.3. The van der Waals surface area contributed by atoms with Gasteiger partial charge in [-0.3, -0.25) is 4.68 Å². The number of hydrogen-bond acceptors (Lipinski definition) is 5. The predicted molar refractivity (Wildman–Crippen MR) is 119 cm³/mol. The monoisotopic (exact) mass is 461 g/mol. The summed E-state index contributed by atoms with van der Waals surface area (Å²) in [5, 5.41) is 5.29. The molecule has 2 aromatic carbocycles. The van der Waals surface area contributed by atoms with Crippen LogP contribution in [0.4, 0.5) is 0 Å². The second-order valence-corrected chi connectivity index (χ2v) is 8.50. The van der Waals surface area contributed by atoms with E-state index in [1.54, 1.807) is 29.2 Å². The summed E-state index contributed by atoms with van der Waals surface area (Å²) in [4.78, 5) is 4.04. The number of benzene rings is 2. The predicted octanol–water partition coefficient (Wildman–Crippen LogP) is 5.63. The van der Waals surface area contributed by atoms with E-state index in [-0.39, 0.29) is 18.5 Å². The van der Waals surface area contributed by atoms with Gasteiger partial charge in [-0.1, -0.05) is 53.0 Å². The Labute approximate surface area is 192 Å². The Morgan fingerprint density at radius 3 is 2.74 bits per heavy atom. The van der Waals surface area contributed by atoms with Crippen LogP contribution in [0.5, 0.6) is 5.75 Å². The van der Waals surface area contributed by atoms with Crippen molar-refractivity contribution in [1.29, 1.82) is 0 Å². The van der Waals surface area contributed by atoms with Crippen molar-refractivity contribution in [2.24, 2.45) is 0 Å². The molecule has 6 nitrogen and oxygen atoms in total. The lowest BCUT2D eigenvalue weighted by molar-refractivity contribution is -0.223. The van der Waals surface area contributed by atoms with Gasteiger partial charge in [0.15, 0.2) is 6.29 Å². The highest BCUT2D eigenvalue weighted by Crippen LogP contribution is 2.30. The molecule has 3 aromatic rings. The molecule has 1 fully saturated rings. The van der Waals surface area contributed by atoms with E-state index in [1.807, 2.05) is 0 Å². The summed E-state index contributed by atoms with van der Waals surface area (Å²) in [6, 6.07) is 13.5. The van der Waals surface area contributed by atoms with E-state index < -0.39 is 0 Å². The number of ether oxygens (including phenoxy) is 3. The molecule has 1 aromatic heterocycles. The molecular weight excluding hydrogens is 437 g/mol. The number of hydrogen-bond donors (Lipinski definition) is 0. The number of rotatable bonds is 8. The van der Waals surface area contributed by atoms with Crippen LogP contribution >= 0.6 is 23.2 Å². The first-order valence-corrected chi connectivity index (χ1v) is 11.1. The van der Waals surface area contributed by atoms with Crippen LogP contribution in [-0.4, -0.2) is 33.8 Å². The first kappa shape index (κ1) is 22.1. The van der Waals surface area contributed by atoms with E-state index in [0.717, 1.165) is 24.8 Å². The molecule has 1 aliphatic rings. The van der Waals surface area contributed by atoms with Crippen LogP contribution in [0.1, 0.15) is 36.5 Å². The lowest BCUT2D eigenvalue weighted by Gasteiger charge is -2.32. The first-order chi connectivity index (χ1) is 15.1. The fourth-order valence-electron chi connectivity index (χ4n) is 3.55. The van der Waals surface area contributed by atoms with E-state index in [4.69, 9.17) is 37.4 Å². The molecule has 1 aliphatic heterocycles. The number of halogens is 2. The van der Waals surface area contributed by atoms with Crippen LogP contribution in [0.25, 0.3) is 0 Å². The standard InChI is InChI=1S/C23H25Cl2N3O3/c1-16-5-7-17(8-6-16)22(12-28-15-26-14-27-28)31-23-4-2-3-19(30-23)13-29-21-10-9-18(24)11-20(21)25/h5-11,14-15,19,22-23H,2-4,12-13H2,1H3. The Morgan fingerprint density at radius 2 is 2.00 bits per heavy atom. The van der Waals surface area contributed by atoms with Gasteiger partial charge in [0.05, 0.1) is 17.7 Å². The smallest absolute Gasteiger partial charge is 0.159 e. The topological polar surface area (TPSA) is 58.4 Å². The van der Waals surface area contributed by atoms with Gasteiger partial charge in [0, 0.05) is 5.02 Å². The van der Waals surface area contributed by atoms with Crippen LogP contribution in [0.3, 0.4) is 0 Å². The average molecular weight is 462 g/mol. The van der Waals surface area contributed by atoms with Crippen molar-refractivity contribution in [3.63, 3.8) is 0 Å². The van der Waals surface area contributed by atoms with Gasteiger partial charge in [0.25, 0.3) is 0 Å². The molecule has 0 saturated carbocycles. The fraction of sp³-hybridized carbons (Fsp3) is 0.391. The van der Waals surface area contributed by atoms with E-state index in [9.17, 15) is 0 Å². The van der Waals surface area contributed by atoms with Crippen LogP contribution in [0.15, 0.2) is 55.1 Å². The normalized spacial score (nSPS) is 19.8. The Kier molecular flexibility index (Phi) is 7.45. The van der Waals surface area contributed by atoms with Crippen LogP contribution < -0.4 is 4.74 Å². The zero-order chi connectivity index (χ0) is 21.6. The highest BCUT2D eigenvalue weighted by atomic mass is 35.5. The molecule has 0 amide bonds. The number of aryl methyl sites for hydroxylation is 1. The molecule has 0 bridgehead atoms. The van der Waals surface area contributed by atoms with Crippen molar-refractivity contribution in [3.05, 3.63) is 76.3 Å². The van der Waals surface area contributed by atoms with Gasteiger partial charge >= 0.3 is 0 Å². The molecule has 164 valence electrons. The van der Waals surface area contributed by atoms with Crippen molar-refractivity contribution < 1.29 is 14.2 Å². The summed E-state index contributed by atoms with van der Waals surface area (Å²) in [5.74, 6) is 0.599. The molecule has 0 N–H and O–H groups in total. The maximum Gasteiger partial charge on any atom is 0.159 e. The molecule has 0 spiro atoms. The Hall–Kier alpha value is -2.12. The third-order valence-electron chi connectivity index (χ3n) is 5.21. The highest BCUT2D eigenvalue weighted by Gasteiger charge is 2.27. The SMILES string of the molecule is Cc1ccc(C(Cn2cncn2)OC2CCCC(COc3ccc(Cl)cc3Cl)O2)cc1. The molecule has 3 unspecified atom stereocenters. The van der Waals surface area contributed by atoms with Gasteiger partial charge in [0.2, 0.25) is 0 Å². The van der Waals surface area contributed by atoms with Crippen molar-refractivity contribution in [1.82, 2.24) is 14.8 Å². The number of nitrogens with zero attached hydrogens (tertiary/aromatic N) is 3. The van der Waals surface area contributed by atoms with E-state index >= 15 is 0 Å². The lowest BCUT2D eigenvalue weighted by Crippen LogP contribution is -2.35. The van der Waals surface area contributed by atoms with Gasteiger partial charge in [0.1, 0.15) is 31.1 Å². The summed E-state index contributed by atoms with van der Waals surface area (Å²) in [6.45, 7) is 3.03. The molecule has 0 aliphatic carbocycles. The largest absolute Gasteiger partial charge is 0.489 e. The average Bonchev–Trinajstić information content (AvgIpc) is 3.27. The zero-order valence-corrected chi connectivity index (χ0v) is 18.8. The maximum absolute atomic E-state index is 6.40. The van der Waals surface area contributed by atoms with Crippen molar-refractivity contribution in [2.45, 2.75) is 51.2 Å². The van der Waals surface area contributed by atoms with E-state index in [2.05, 4.69) is 41.3 Å². The second-order valence-electron chi connectivity index (χ2n) is 7.66. The third-order valence-corrected chi connectivity index (χ3v) is 5.74. The van der Waals surface area contributed by atoms with Crippen molar-refractivity contribution in [2.75, 3.05) is 6.61 Å². The molecule has 0 radical (unpaired) electrons. The maximum atomic E-state index is 6.40. The molecule has 1 saturated heterocycles. The first-order valence-electron chi connectivity index (χ1n) is 10.3. The fourth-order valence-corrected chi connectivity index (χ4v) is 4.01. The molecular formula is C23H25Cl2N3O3. The summed E-state index contributed by atoms with van der Waals surface area (Å²) in [7, 11) is 0. The third kappa shape index (κ3) is 6.20. The minimum absolute atomic E-state index is 0.0736. The van der Waals surface area contributed by atoms with E-state index in [1.165, 1.54) is 11.9 Å². The van der Waals surface area contributed by atoms with Crippen LogP contribution in [-0.2, 0) is 16.0 Å². The highest BCUT2D eigenvalue weighted by molar-refractivity contribution is 6.35. The van der Waals surface area contributed by atoms with E-state index in [0.29, 0.717) is 28.9 Å². The van der Waals surface area contributed by atoms with Crippen molar-refractivity contribution >= 4 is 23.2 Å². The summed E-state index contributed by atoms with van der Waals surface area (Å²) in [5.41, 5.74) is 2.28. The summed E-state index contributed by atoms with van der Waals surface area (Å²) < 4.78 is 20.3.